The van der Waals surface area contributed by atoms with Crippen LogP contribution in [0, 0.1) is 10.1 Å². The van der Waals surface area contributed by atoms with Crippen molar-refractivity contribution in [1.82, 2.24) is 4.90 Å². The zero-order chi connectivity index (χ0) is 13.1. The number of hydrogen-bond donors (Lipinski definition) is 1. The van der Waals surface area contributed by atoms with Crippen molar-refractivity contribution in [1.29, 1.82) is 0 Å². The molecule has 0 saturated carbocycles. The quantitative estimate of drug-likeness (QED) is 0.657. The van der Waals surface area contributed by atoms with Gasteiger partial charge in [-0.15, -0.1) is 0 Å². The topological polar surface area (TPSA) is 72.4 Å². The molecule has 1 heterocycles. The number of benzene rings is 1. The fourth-order valence-corrected chi connectivity index (χ4v) is 2.48. The number of nitro groups is 1. The summed E-state index contributed by atoms with van der Waals surface area (Å²) < 4.78 is 0. The Balaban J connectivity index is 2.08. The summed E-state index contributed by atoms with van der Waals surface area (Å²) >= 11 is 0. The highest BCUT2D eigenvalue weighted by Gasteiger charge is 2.22. The van der Waals surface area contributed by atoms with Crippen LogP contribution in [0.3, 0.4) is 0 Å². The van der Waals surface area contributed by atoms with Crippen LogP contribution in [0.2, 0.25) is 0 Å². The predicted octanol–water partition coefficient (Wildman–Crippen LogP) is 2.08. The highest BCUT2D eigenvalue weighted by molar-refractivity contribution is 5.34. The molecule has 1 fully saturated rings. The zero-order valence-corrected chi connectivity index (χ0v) is 10.6. The number of nitro benzene ring substituents is 1. The minimum atomic E-state index is -0.370. The van der Waals surface area contributed by atoms with E-state index in [0.717, 1.165) is 31.5 Å². The van der Waals surface area contributed by atoms with Crippen LogP contribution in [0.1, 0.15) is 31.4 Å². The van der Waals surface area contributed by atoms with Gasteiger partial charge in [0.05, 0.1) is 4.92 Å². The van der Waals surface area contributed by atoms with Crippen LogP contribution in [0.25, 0.3) is 0 Å². The van der Waals surface area contributed by atoms with E-state index in [-0.39, 0.29) is 22.7 Å². The van der Waals surface area contributed by atoms with Gasteiger partial charge in [0.15, 0.2) is 0 Å². The lowest BCUT2D eigenvalue weighted by atomic mass is 10.0. The summed E-state index contributed by atoms with van der Waals surface area (Å²) in [5.41, 5.74) is 7.22. The Morgan fingerprint density at radius 2 is 2.11 bits per heavy atom. The molecule has 98 valence electrons. The molecule has 0 bridgehead atoms. The zero-order valence-electron chi connectivity index (χ0n) is 10.6. The maximum atomic E-state index is 10.6. The molecule has 1 aromatic rings. The van der Waals surface area contributed by atoms with Crippen molar-refractivity contribution in [2.45, 2.75) is 31.8 Å². The Kier molecular flexibility index (Phi) is 3.93. The van der Waals surface area contributed by atoms with Gasteiger partial charge in [0.1, 0.15) is 0 Å². The molecule has 5 heteroatoms. The van der Waals surface area contributed by atoms with Gasteiger partial charge >= 0.3 is 0 Å². The first kappa shape index (κ1) is 13.0. The SMILES string of the molecule is CC(c1ccc([N+](=O)[O-])cc1)N1CCCC(N)C1. The molecule has 0 amide bonds. The van der Waals surface area contributed by atoms with E-state index in [9.17, 15) is 10.1 Å². The molecule has 2 atom stereocenters. The van der Waals surface area contributed by atoms with E-state index in [1.807, 2.05) is 12.1 Å². The van der Waals surface area contributed by atoms with E-state index in [1.165, 1.54) is 0 Å². The monoisotopic (exact) mass is 249 g/mol. The molecule has 0 radical (unpaired) electrons. The Hall–Kier alpha value is -1.46. The van der Waals surface area contributed by atoms with Crippen LogP contribution in [0.5, 0.6) is 0 Å². The van der Waals surface area contributed by atoms with Crippen molar-refractivity contribution >= 4 is 5.69 Å². The van der Waals surface area contributed by atoms with Gasteiger partial charge < -0.3 is 5.73 Å². The van der Waals surface area contributed by atoms with E-state index in [1.54, 1.807) is 12.1 Å². The van der Waals surface area contributed by atoms with Gasteiger partial charge in [0.2, 0.25) is 0 Å². The molecule has 1 aliphatic rings. The second kappa shape index (κ2) is 5.46. The van der Waals surface area contributed by atoms with E-state index >= 15 is 0 Å². The molecule has 2 unspecified atom stereocenters. The van der Waals surface area contributed by atoms with Crippen molar-refractivity contribution in [3.63, 3.8) is 0 Å². The molecule has 2 rings (SSSR count). The average Bonchev–Trinajstić information content (AvgIpc) is 2.38. The molecule has 0 spiro atoms. The number of hydrogen-bond acceptors (Lipinski definition) is 4. The van der Waals surface area contributed by atoms with Gasteiger partial charge in [0, 0.05) is 30.8 Å². The van der Waals surface area contributed by atoms with Crippen molar-refractivity contribution in [2.24, 2.45) is 5.73 Å². The highest BCUT2D eigenvalue weighted by atomic mass is 16.6. The molecule has 1 saturated heterocycles. The Morgan fingerprint density at radius 3 is 2.67 bits per heavy atom. The van der Waals surface area contributed by atoms with Crippen molar-refractivity contribution in [3.8, 4) is 0 Å². The van der Waals surface area contributed by atoms with Crippen molar-refractivity contribution < 1.29 is 4.92 Å². The number of nitrogens with two attached hydrogens (primary N) is 1. The summed E-state index contributed by atoms with van der Waals surface area (Å²) in [5.74, 6) is 0. The van der Waals surface area contributed by atoms with Gasteiger partial charge in [-0.1, -0.05) is 12.1 Å². The number of rotatable bonds is 3. The summed E-state index contributed by atoms with van der Waals surface area (Å²) in [6.07, 6.45) is 2.21. The standard InChI is InChI=1S/C13H19N3O2/c1-10(15-8-2-3-12(14)9-15)11-4-6-13(7-5-11)16(17)18/h4-7,10,12H,2-3,8-9,14H2,1H3. The molecule has 0 aliphatic carbocycles. The molecule has 2 N–H and O–H groups in total. The summed E-state index contributed by atoms with van der Waals surface area (Å²) in [4.78, 5) is 12.6. The molecule has 5 nitrogen and oxygen atoms in total. The van der Waals surface area contributed by atoms with Gasteiger partial charge in [0.25, 0.3) is 5.69 Å². The molecule has 1 aliphatic heterocycles. The van der Waals surface area contributed by atoms with Crippen LogP contribution in [-0.2, 0) is 0 Å². The lowest BCUT2D eigenvalue weighted by Gasteiger charge is -2.35. The third kappa shape index (κ3) is 2.86. The average molecular weight is 249 g/mol. The lowest BCUT2D eigenvalue weighted by Crippen LogP contribution is -2.43. The fourth-order valence-electron chi connectivity index (χ4n) is 2.48. The minimum absolute atomic E-state index is 0.140. The number of nitrogens with zero attached hydrogens (tertiary/aromatic N) is 2. The van der Waals surface area contributed by atoms with Gasteiger partial charge in [-0.25, -0.2) is 0 Å². The second-order valence-corrected chi connectivity index (χ2v) is 4.92. The van der Waals surface area contributed by atoms with Crippen LogP contribution in [0.4, 0.5) is 5.69 Å². The Bertz CT molecular complexity index is 419. The van der Waals surface area contributed by atoms with Crippen LogP contribution >= 0.6 is 0 Å². The van der Waals surface area contributed by atoms with Crippen molar-refractivity contribution in [2.75, 3.05) is 13.1 Å². The first-order chi connectivity index (χ1) is 8.58. The Morgan fingerprint density at radius 1 is 1.44 bits per heavy atom. The summed E-state index contributed by atoms with van der Waals surface area (Å²) in [6, 6.07) is 7.31. The van der Waals surface area contributed by atoms with E-state index in [0.29, 0.717) is 0 Å². The number of piperidine rings is 1. The normalized spacial score (nSPS) is 22.7. The van der Waals surface area contributed by atoms with Crippen LogP contribution in [-0.4, -0.2) is 29.0 Å². The maximum Gasteiger partial charge on any atom is 0.269 e. The first-order valence-electron chi connectivity index (χ1n) is 6.32. The third-order valence-electron chi connectivity index (χ3n) is 3.62. The van der Waals surface area contributed by atoms with Crippen molar-refractivity contribution in [3.05, 3.63) is 39.9 Å². The highest BCUT2D eigenvalue weighted by Crippen LogP contribution is 2.25. The summed E-state index contributed by atoms with van der Waals surface area (Å²) in [7, 11) is 0. The summed E-state index contributed by atoms with van der Waals surface area (Å²) in [5, 5.41) is 10.6. The second-order valence-electron chi connectivity index (χ2n) is 4.92. The summed E-state index contributed by atoms with van der Waals surface area (Å²) in [6.45, 7) is 4.07. The minimum Gasteiger partial charge on any atom is -0.327 e. The van der Waals surface area contributed by atoms with E-state index in [4.69, 9.17) is 5.73 Å². The Labute approximate surface area is 107 Å². The molecular formula is C13H19N3O2. The van der Waals surface area contributed by atoms with Crippen LogP contribution < -0.4 is 5.73 Å². The molecule has 18 heavy (non-hydrogen) atoms. The molecule has 0 aromatic heterocycles. The van der Waals surface area contributed by atoms with Gasteiger partial charge in [-0.3, -0.25) is 15.0 Å². The number of likely N-dealkylation sites (tertiary alicyclic amines) is 1. The van der Waals surface area contributed by atoms with Gasteiger partial charge in [-0.2, -0.15) is 0 Å². The van der Waals surface area contributed by atoms with E-state index in [2.05, 4.69) is 11.8 Å². The largest absolute Gasteiger partial charge is 0.327 e. The third-order valence-corrected chi connectivity index (χ3v) is 3.62. The molecule has 1 aromatic carbocycles. The van der Waals surface area contributed by atoms with Crippen LogP contribution in [0.15, 0.2) is 24.3 Å². The lowest BCUT2D eigenvalue weighted by molar-refractivity contribution is -0.384. The van der Waals surface area contributed by atoms with E-state index < -0.39 is 0 Å². The maximum absolute atomic E-state index is 10.6. The van der Waals surface area contributed by atoms with Gasteiger partial charge in [-0.05, 0) is 31.9 Å². The predicted molar refractivity (Wildman–Crippen MR) is 70.3 cm³/mol. The molecular weight excluding hydrogens is 230 g/mol. The number of non-ortho nitro benzene ring substituents is 1. The smallest absolute Gasteiger partial charge is 0.269 e. The first-order valence-corrected chi connectivity index (χ1v) is 6.32. The fraction of sp³-hybridized carbons (Fsp3) is 0.538.